The molecule has 2 aromatic heterocycles. The Labute approximate surface area is 152 Å². The number of carbonyl (C=O) groups is 1. The molecular weight excluding hydrogens is 332 g/mol. The van der Waals surface area contributed by atoms with Crippen molar-refractivity contribution in [1.82, 2.24) is 20.0 Å². The fourth-order valence-corrected chi connectivity index (χ4v) is 3.43. The van der Waals surface area contributed by atoms with Gasteiger partial charge >= 0.3 is 0 Å². The SMILES string of the molecule is CCN(C(=O)c1cnn(C2CCC(=NOC)CC2)c1C)c1ccnnc1. The number of hydrogen-bond donors (Lipinski definition) is 0. The van der Waals surface area contributed by atoms with Gasteiger partial charge in [-0.15, -0.1) is 0 Å². The molecular formula is C18H24N6O2. The second-order valence-electron chi connectivity index (χ2n) is 6.31. The molecule has 0 saturated heterocycles. The number of nitrogens with zero attached hydrogens (tertiary/aromatic N) is 6. The molecule has 1 aliphatic carbocycles. The Balaban J connectivity index is 1.78. The number of aromatic nitrogens is 4. The van der Waals surface area contributed by atoms with E-state index in [-0.39, 0.29) is 11.9 Å². The number of hydrogen-bond acceptors (Lipinski definition) is 6. The van der Waals surface area contributed by atoms with Crippen LogP contribution < -0.4 is 4.90 Å². The van der Waals surface area contributed by atoms with Crippen LogP contribution >= 0.6 is 0 Å². The number of rotatable bonds is 5. The maximum absolute atomic E-state index is 13.0. The molecule has 0 radical (unpaired) electrons. The molecule has 0 aromatic carbocycles. The second kappa shape index (κ2) is 8.07. The van der Waals surface area contributed by atoms with Crippen molar-refractivity contribution in [3.63, 3.8) is 0 Å². The monoisotopic (exact) mass is 356 g/mol. The molecule has 0 aliphatic heterocycles. The van der Waals surface area contributed by atoms with Crippen molar-refractivity contribution >= 4 is 17.3 Å². The fraction of sp³-hybridized carbons (Fsp3) is 0.500. The van der Waals surface area contributed by atoms with Crippen LogP contribution in [0, 0.1) is 6.92 Å². The van der Waals surface area contributed by atoms with Gasteiger partial charge in [-0.1, -0.05) is 5.16 Å². The summed E-state index contributed by atoms with van der Waals surface area (Å²) in [5.74, 6) is -0.0679. The summed E-state index contributed by atoms with van der Waals surface area (Å²) in [5.41, 5.74) is 3.34. The molecule has 2 aromatic rings. The van der Waals surface area contributed by atoms with E-state index in [0.717, 1.165) is 42.8 Å². The fourth-order valence-electron chi connectivity index (χ4n) is 3.43. The molecule has 0 unspecified atom stereocenters. The summed E-state index contributed by atoms with van der Waals surface area (Å²) in [5, 5.41) is 16.2. The summed E-state index contributed by atoms with van der Waals surface area (Å²) in [7, 11) is 1.58. The maximum Gasteiger partial charge on any atom is 0.261 e. The van der Waals surface area contributed by atoms with Crippen LogP contribution in [0.15, 0.2) is 29.8 Å². The average molecular weight is 356 g/mol. The lowest BCUT2D eigenvalue weighted by Crippen LogP contribution is -2.31. The third-order valence-corrected chi connectivity index (χ3v) is 4.82. The first-order valence-electron chi connectivity index (χ1n) is 8.87. The molecule has 0 N–H and O–H groups in total. The highest BCUT2D eigenvalue weighted by molar-refractivity contribution is 6.06. The molecule has 1 saturated carbocycles. The molecule has 3 rings (SSSR count). The van der Waals surface area contributed by atoms with Gasteiger partial charge in [0.1, 0.15) is 7.11 Å². The first-order chi connectivity index (χ1) is 12.7. The van der Waals surface area contributed by atoms with Crippen molar-refractivity contribution in [3.05, 3.63) is 35.9 Å². The standard InChI is InChI=1S/C18H24N6O2/c1-4-23(16-9-10-19-20-11-16)18(25)17-12-21-24(13(17)2)15-7-5-14(6-8-15)22-26-3/h9-12,15H,4-8H2,1-3H3. The van der Waals surface area contributed by atoms with Crippen LogP contribution in [0.25, 0.3) is 0 Å². The molecule has 26 heavy (non-hydrogen) atoms. The highest BCUT2D eigenvalue weighted by atomic mass is 16.6. The van der Waals surface area contributed by atoms with E-state index in [9.17, 15) is 4.79 Å². The maximum atomic E-state index is 13.0. The van der Waals surface area contributed by atoms with Gasteiger partial charge in [-0.2, -0.15) is 15.3 Å². The summed E-state index contributed by atoms with van der Waals surface area (Å²) in [6.45, 7) is 4.45. The average Bonchev–Trinajstić information content (AvgIpc) is 3.05. The van der Waals surface area contributed by atoms with Crippen LogP contribution in [0.3, 0.4) is 0 Å². The van der Waals surface area contributed by atoms with Gasteiger partial charge in [-0.25, -0.2) is 0 Å². The predicted octanol–water partition coefficient (Wildman–Crippen LogP) is 2.77. The van der Waals surface area contributed by atoms with Gasteiger partial charge in [0.15, 0.2) is 0 Å². The summed E-state index contributed by atoms with van der Waals surface area (Å²) in [6, 6.07) is 2.07. The minimum Gasteiger partial charge on any atom is -0.399 e. The lowest BCUT2D eigenvalue weighted by Gasteiger charge is -2.24. The van der Waals surface area contributed by atoms with E-state index in [1.54, 1.807) is 36.7 Å². The minimum absolute atomic E-state index is 0.0679. The van der Waals surface area contributed by atoms with Crippen LogP contribution in [0.1, 0.15) is 54.7 Å². The Bertz CT molecular complexity index is 776. The van der Waals surface area contributed by atoms with Gasteiger partial charge in [0.2, 0.25) is 0 Å². The van der Waals surface area contributed by atoms with Gasteiger partial charge in [-0.05, 0) is 45.6 Å². The molecule has 2 heterocycles. The van der Waals surface area contributed by atoms with E-state index in [4.69, 9.17) is 4.84 Å². The number of carbonyl (C=O) groups excluding carboxylic acids is 1. The molecule has 0 spiro atoms. The molecule has 0 atom stereocenters. The summed E-state index contributed by atoms with van der Waals surface area (Å²) in [6.07, 6.45) is 8.54. The van der Waals surface area contributed by atoms with E-state index in [2.05, 4.69) is 20.5 Å². The summed E-state index contributed by atoms with van der Waals surface area (Å²) < 4.78 is 1.98. The first kappa shape index (κ1) is 18.0. The van der Waals surface area contributed by atoms with Crippen molar-refractivity contribution in [3.8, 4) is 0 Å². The zero-order valence-corrected chi connectivity index (χ0v) is 15.4. The minimum atomic E-state index is -0.0679. The molecule has 0 bridgehead atoms. The molecule has 1 fully saturated rings. The quantitative estimate of drug-likeness (QED) is 0.769. The lowest BCUT2D eigenvalue weighted by molar-refractivity contribution is 0.0987. The predicted molar refractivity (Wildman–Crippen MR) is 98.3 cm³/mol. The summed E-state index contributed by atoms with van der Waals surface area (Å²) in [4.78, 5) is 19.6. The molecule has 8 heteroatoms. The third kappa shape index (κ3) is 3.58. The Morgan fingerprint density at radius 3 is 2.73 bits per heavy atom. The molecule has 138 valence electrons. The number of anilines is 1. The molecule has 8 nitrogen and oxygen atoms in total. The smallest absolute Gasteiger partial charge is 0.261 e. The Kier molecular flexibility index (Phi) is 5.60. The number of oxime groups is 1. The van der Waals surface area contributed by atoms with Crippen molar-refractivity contribution in [2.45, 2.75) is 45.6 Å². The normalized spacial score (nSPS) is 17.0. The van der Waals surface area contributed by atoms with E-state index in [1.165, 1.54) is 0 Å². The van der Waals surface area contributed by atoms with E-state index >= 15 is 0 Å². The van der Waals surface area contributed by atoms with Gasteiger partial charge in [-0.3, -0.25) is 9.48 Å². The Morgan fingerprint density at radius 1 is 1.35 bits per heavy atom. The van der Waals surface area contributed by atoms with Crippen LogP contribution in [0.5, 0.6) is 0 Å². The Morgan fingerprint density at radius 2 is 2.12 bits per heavy atom. The first-order valence-corrected chi connectivity index (χ1v) is 8.87. The number of amides is 1. The Hall–Kier alpha value is -2.77. The lowest BCUT2D eigenvalue weighted by atomic mass is 9.93. The second-order valence-corrected chi connectivity index (χ2v) is 6.31. The van der Waals surface area contributed by atoms with Crippen molar-refractivity contribution in [2.75, 3.05) is 18.6 Å². The van der Waals surface area contributed by atoms with E-state index < -0.39 is 0 Å². The topological polar surface area (TPSA) is 85.5 Å². The van der Waals surface area contributed by atoms with Crippen LogP contribution in [0.2, 0.25) is 0 Å². The third-order valence-electron chi connectivity index (χ3n) is 4.82. The van der Waals surface area contributed by atoms with Crippen molar-refractivity contribution in [1.29, 1.82) is 0 Å². The molecule has 1 aliphatic rings. The highest BCUT2D eigenvalue weighted by Crippen LogP contribution is 2.29. The zero-order valence-electron chi connectivity index (χ0n) is 15.4. The zero-order chi connectivity index (χ0) is 18.5. The van der Waals surface area contributed by atoms with Crippen LogP contribution in [-0.4, -0.2) is 45.3 Å². The van der Waals surface area contributed by atoms with Crippen LogP contribution in [0.4, 0.5) is 5.69 Å². The van der Waals surface area contributed by atoms with Crippen molar-refractivity contribution in [2.24, 2.45) is 5.16 Å². The van der Waals surface area contributed by atoms with Crippen LogP contribution in [-0.2, 0) is 4.84 Å². The van der Waals surface area contributed by atoms with Gasteiger partial charge in [0, 0.05) is 12.2 Å². The highest BCUT2D eigenvalue weighted by Gasteiger charge is 2.26. The van der Waals surface area contributed by atoms with Gasteiger partial charge in [0.25, 0.3) is 5.91 Å². The summed E-state index contributed by atoms with van der Waals surface area (Å²) >= 11 is 0. The van der Waals surface area contributed by atoms with Gasteiger partial charge < -0.3 is 9.74 Å². The molecule has 1 amide bonds. The largest absolute Gasteiger partial charge is 0.399 e. The van der Waals surface area contributed by atoms with E-state index in [1.807, 2.05) is 18.5 Å². The van der Waals surface area contributed by atoms with Crippen molar-refractivity contribution < 1.29 is 9.63 Å². The van der Waals surface area contributed by atoms with Gasteiger partial charge in [0.05, 0.1) is 41.6 Å². The van der Waals surface area contributed by atoms with E-state index in [0.29, 0.717) is 12.1 Å².